The third kappa shape index (κ3) is 4.81. The molecule has 5 heterocycles. The van der Waals surface area contributed by atoms with Gasteiger partial charge in [-0.05, 0) is 25.2 Å². The summed E-state index contributed by atoms with van der Waals surface area (Å²) in [7, 11) is 2.15. The molecule has 0 radical (unpaired) electrons. The Bertz CT molecular complexity index is 1300. The molecule has 3 aliphatic rings. The normalized spacial score (nSPS) is 26.6. The molecule has 3 aliphatic heterocycles. The fourth-order valence-corrected chi connectivity index (χ4v) is 5.07. The largest absolute Gasteiger partial charge is 0.456 e. The molecule has 0 bridgehead atoms. The van der Waals surface area contributed by atoms with Crippen molar-refractivity contribution >= 4 is 22.8 Å². The van der Waals surface area contributed by atoms with Crippen molar-refractivity contribution in [2.75, 3.05) is 53.0 Å². The minimum atomic E-state index is -0.628. The number of rotatable bonds is 4. The molecule has 0 amide bonds. The van der Waals surface area contributed by atoms with Crippen LogP contribution in [0.15, 0.2) is 30.3 Å². The second-order valence-corrected chi connectivity index (χ2v) is 9.92. The first kappa shape index (κ1) is 23.7. The molecule has 1 aromatic carbocycles. The molecule has 3 aromatic rings. The van der Waals surface area contributed by atoms with E-state index in [4.69, 9.17) is 25.8 Å². The summed E-state index contributed by atoms with van der Waals surface area (Å²) in [6, 6.07) is 10.0. The summed E-state index contributed by atoms with van der Waals surface area (Å²) in [5.41, 5.74) is 3.66. The number of pyridine rings is 1. The summed E-state index contributed by atoms with van der Waals surface area (Å²) in [5, 5.41) is 10.4. The molecule has 10 heteroatoms. The van der Waals surface area contributed by atoms with Crippen molar-refractivity contribution in [1.82, 2.24) is 24.8 Å². The molecule has 3 saturated heterocycles. The molecule has 0 saturated carbocycles. The predicted octanol–water partition coefficient (Wildman–Crippen LogP) is 1.78. The number of nitrogens with one attached hydrogen (secondary N) is 1. The minimum absolute atomic E-state index is 0.247. The number of likely N-dealkylation sites (N-methyl/N-ethyl adjacent to an activating group) is 1. The van der Waals surface area contributed by atoms with Crippen LogP contribution in [0, 0.1) is 11.8 Å². The topological polar surface area (TPSA) is 96.0 Å². The first-order valence-electron chi connectivity index (χ1n) is 12.2. The molecule has 6 rings (SSSR count). The minimum Gasteiger partial charge on any atom is -0.456 e. The lowest BCUT2D eigenvalue weighted by molar-refractivity contribution is 0.00706. The second-order valence-electron chi connectivity index (χ2n) is 9.51. The van der Waals surface area contributed by atoms with Crippen molar-refractivity contribution in [3.05, 3.63) is 40.9 Å². The zero-order valence-electron chi connectivity index (χ0n) is 20.0. The summed E-state index contributed by atoms with van der Waals surface area (Å²) in [6.45, 7) is 5.65. The Kier molecular flexibility index (Phi) is 6.56. The fraction of sp³-hybridized carbons (Fsp3) is 0.462. The van der Waals surface area contributed by atoms with Gasteiger partial charge >= 0.3 is 0 Å². The number of fused-ring (bicyclic) bond motifs is 2. The number of H-pyrrole nitrogens is 1. The molecule has 0 spiro atoms. The number of ether oxygens (including phenoxy) is 3. The lowest BCUT2D eigenvalue weighted by Crippen LogP contribution is -2.44. The van der Waals surface area contributed by atoms with E-state index in [2.05, 4.69) is 43.6 Å². The van der Waals surface area contributed by atoms with Crippen molar-refractivity contribution in [2.45, 2.75) is 24.4 Å². The van der Waals surface area contributed by atoms with Crippen molar-refractivity contribution in [1.29, 1.82) is 0 Å². The SMILES string of the molecule is CN1CCN(CC#Cc2ccc(-c3nc4nc(OC5COC6C(O)COC56)[nH]c4cc3Cl)cc2)CC1. The Hall–Kier alpha value is -2.71. The maximum Gasteiger partial charge on any atom is 0.296 e. The van der Waals surface area contributed by atoms with Crippen molar-refractivity contribution < 1.29 is 19.3 Å². The van der Waals surface area contributed by atoms with Gasteiger partial charge in [0.15, 0.2) is 11.8 Å². The molecule has 9 nitrogen and oxygen atoms in total. The van der Waals surface area contributed by atoms with E-state index in [0.29, 0.717) is 34.5 Å². The monoisotopic (exact) mass is 509 g/mol. The summed E-state index contributed by atoms with van der Waals surface area (Å²) in [4.78, 5) is 17.0. The predicted molar refractivity (Wildman–Crippen MR) is 135 cm³/mol. The lowest BCUT2D eigenvalue weighted by Gasteiger charge is -2.30. The van der Waals surface area contributed by atoms with Gasteiger partial charge in [-0.15, -0.1) is 0 Å². The number of aliphatic hydroxyl groups excluding tert-OH is 1. The highest BCUT2D eigenvalue weighted by Gasteiger charge is 2.48. The van der Waals surface area contributed by atoms with E-state index < -0.39 is 6.10 Å². The van der Waals surface area contributed by atoms with Gasteiger partial charge in [0, 0.05) is 37.3 Å². The molecule has 4 unspecified atom stereocenters. The van der Waals surface area contributed by atoms with Crippen LogP contribution in [-0.4, -0.2) is 107 Å². The summed E-state index contributed by atoms with van der Waals surface area (Å²) in [5.74, 6) is 6.54. The van der Waals surface area contributed by atoms with E-state index in [1.807, 2.05) is 24.3 Å². The highest BCUT2D eigenvalue weighted by Crippen LogP contribution is 2.32. The van der Waals surface area contributed by atoms with Crippen LogP contribution in [0.5, 0.6) is 6.01 Å². The molecule has 2 aromatic heterocycles. The number of imidazole rings is 1. The third-order valence-electron chi connectivity index (χ3n) is 6.94. The van der Waals surface area contributed by atoms with Crippen LogP contribution in [0.25, 0.3) is 22.4 Å². The van der Waals surface area contributed by atoms with Crippen LogP contribution in [0.4, 0.5) is 0 Å². The molecule has 0 aliphatic carbocycles. The second kappa shape index (κ2) is 9.98. The van der Waals surface area contributed by atoms with Crippen LogP contribution in [0.1, 0.15) is 5.56 Å². The molecule has 2 N–H and O–H groups in total. The fourth-order valence-electron chi connectivity index (χ4n) is 4.81. The van der Waals surface area contributed by atoms with Gasteiger partial charge in [0.2, 0.25) is 0 Å². The first-order chi connectivity index (χ1) is 17.5. The van der Waals surface area contributed by atoms with E-state index in [1.165, 1.54) is 0 Å². The van der Waals surface area contributed by atoms with E-state index in [1.54, 1.807) is 6.07 Å². The van der Waals surface area contributed by atoms with Gasteiger partial charge in [-0.25, -0.2) is 4.98 Å². The van der Waals surface area contributed by atoms with Crippen LogP contribution >= 0.6 is 11.6 Å². The first-order valence-corrected chi connectivity index (χ1v) is 12.6. The zero-order chi connectivity index (χ0) is 24.6. The average molecular weight is 510 g/mol. The number of aliphatic hydroxyl groups is 1. The van der Waals surface area contributed by atoms with Crippen molar-refractivity contribution in [3.63, 3.8) is 0 Å². The third-order valence-corrected chi connectivity index (χ3v) is 7.23. The number of hydrogen-bond acceptors (Lipinski definition) is 8. The van der Waals surface area contributed by atoms with Gasteiger partial charge in [0.1, 0.15) is 18.3 Å². The van der Waals surface area contributed by atoms with Gasteiger partial charge in [0.25, 0.3) is 6.01 Å². The standard InChI is InChI=1S/C26H28ClN5O4/c1-31-9-11-32(12-10-31)8-2-3-16-4-6-17(7-5-16)22-18(27)13-19-25(29-22)30-26(28-19)36-21-15-35-23-20(33)14-34-24(21)23/h4-7,13,20-21,23-24,33H,8-12,14-15H2,1H3,(H,28,29,30). The number of benzene rings is 1. The van der Waals surface area contributed by atoms with Gasteiger partial charge in [-0.3, -0.25) is 4.90 Å². The molecule has 36 heavy (non-hydrogen) atoms. The molecule has 188 valence electrons. The van der Waals surface area contributed by atoms with Crippen LogP contribution in [0.3, 0.4) is 0 Å². The van der Waals surface area contributed by atoms with Gasteiger partial charge in [0.05, 0.1) is 36.0 Å². The quantitative estimate of drug-likeness (QED) is 0.514. The van der Waals surface area contributed by atoms with Gasteiger partial charge < -0.3 is 29.2 Å². The summed E-state index contributed by atoms with van der Waals surface area (Å²) < 4.78 is 17.2. The van der Waals surface area contributed by atoms with E-state index in [-0.39, 0.29) is 24.9 Å². The van der Waals surface area contributed by atoms with E-state index in [9.17, 15) is 5.11 Å². The zero-order valence-corrected chi connectivity index (χ0v) is 20.7. The molecule has 4 atom stereocenters. The number of aromatic nitrogens is 3. The molecular weight excluding hydrogens is 482 g/mol. The van der Waals surface area contributed by atoms with Gasteiger partial charge in [-0.1, -0.05) is 35.6 Å². The molecular formula is C26H28ClN5O4. The smallest absolute Gasteiger partial charge is 0.296 e. The van der Waals surface area contributed by atoms with Crippen LogP contribution < -0.4 is 4.74 Å². The van der Waals surface area contributed by atoms with E-state index in [0.717, 1.165) is 43.9 Å². The van der Waals surface area contributed by atoms with Crippen LogP contribution in [-0.2, 0) is 9.47 Å². The summed E-state index contributed by atoms with van der Waals surface area (Å²) >= 11 is 6.57. The van der Waals surface area contributed by atoms with Crippen LogP contribution in [0.2, 0.25) is 5.02 Å². The summed E-state index contributed by atoms with van der Waals surface area (Å²) in [6.07, 6.45) is -1.66. The van der Waals surface area contributed by atoms with E-state index >= 15 is 0 Å². The number of piperazine rings is 1. The number of halogens is 1. The average Bonchev–Trinajstić information content (AvgIpc) is 3.57. The number of hydrogen-bond donors (Lipinski definition) is 2. The lowest BCUT2D eigenvalue weighted by atomic mass is 10.1. The van der Waals surface area contributed by atoms with Crippen molar-refractivity contribution in [2.24, 2.45) is 0 Å². The molecule has 3 fully saturated rings. The highest BCUT2D eigenvalue weighted by atomic mass is 35.5. The Morgan fingerprint density at radius 1 is 1.11 bits per heavy atom. The van der Waals surface area contributed by atoms with Gasteiger partial charge in [-0.2, -0.15) is 4.98 Å². The Morgan fingerprint density at radius 3 is 2.69 bits per heavy atom. The van der Waals surface area contributed by atoms with Crippen molar-refractivity contribution in [3.8, 4) is 29.1 Å². The number of aromatic amines is 1. The highest BCUT2D eigenvalue weighted by molar-refractivity contribution is 6.33. The Morgan fingerprint density at radius 2 is 1.89 bits per heavy atom. The Balaban J connectivity index is 1.14. The number of nitrogens with zero attached hydrogens (tertiary/aromatic N) is 4. The maximum atomic E-state index is 9.92. The Labute approximate surface area is 214 Å². The maximum absolute atomic E-state index is 9.92.